The van der Waals surface area contributed by atoms with Crippen LogP contribution in [0.4, 0.5) is 0 Å². The van der Waals surface area contributed by atoms with E-state index in [0.29, 0.717) is 30.4 Å². The molecule has 5 aromatic rings. The van der Waals surface area contributed by atoms with Gasteiger partial charge in [-0.15, -0.1) is 10.2 Å². The van der Waals surface area contributed by atoms with Crippen LogP contribution in [0.5, 0.6) is 0 Å². The molecule has 9 nitrogen and oxygen atoms in total. The number of rotatable bonds is 4. The molecule has 0 spiro atoms. The number of benzene rings is 1. The molecular formula is C24H22N8O. The molecule has 1 aliphatic rings. The maximum atomic E-state index is 5.46. The molecule has 4 aromatic heterocycles. The Labute approximate surface area is 190 Å². The summed E-state index contributed by atoms with van der Waals surface area (Å²) in [4.78, 5) is 13.7. The van der Waals surface area contributed by atoms with Crippen molar-refractivity contribution in [2.45, 2.75) is 39.7 Å². The Morgan fingerprint density at radius 2 is 2.00 bits per heavy atom. The minimum Gasteiger partial charge on any atom is -0.339 e. The van der Waals surface area contributed by atoms with Crippen molar-refractivity contribution in [2.75, 3.05) is 0 Å². The summed E-state index contributed by atoms with van der Waals surface area (Å²) in [5.74, 6) is 2.89. The summed E-state index contributed by atoms with van der Waals surface area (Å²) in [6, 6.07) is 12.2. The van der Waals surface area contributed by atoms with Crippen LogP contribution in [0.25, 0.3) is 28.6 Å². The molecule has 0 saturated carbocycles. The van der Waals surface area contributed by atoms with Gasteiger partial charge in [0.1, 0.15) is 17.8 Å². The molecule has 0 aliphatic carbocycles. The minimum absolute atomic E-state index is 0.144. The number of nitrogens with zero attached hydrogens (tertiary/aromatic N) is 8. The van der Waals surface area contributed by atoms with Crippen LogP contribution in [-0.4, -0.2) is 39.4 Å². The van der Waals surface area contributed by atoms with Crippen molar-refractivity contribution in [1.82, 2.24) is 39.4 Å². The predicted molar refractivity (Wildman–Crippen MR) is 121 cm³/mol. The van der Waals surface area contributed by atoms with Gasteiger partial charge in [0.15, 0.2) is 5.82 Å². The van der Waals surface area contributed by atoms with Gasteiger partial charge >= 0.3 is 0 Å². The van der Waals surface area contributed by atoms with Crippen molar-refractivity contribution in [3.05, 3.63) is 77.6 Å². The summed E-state index contributed by atoms with van der Waals surface area (Å²) >= 11 is 0. The maximum absolute atomic E-state index is 5.46. The fourth-order valence-electron chi connectivity index (χ4n) is 4.17. The first-order valence-electron chi connectivity index (χ1n) is 10.9. The summed E-state index contributed by atoms with van der Waals surface area (Å²) in [7, 11) is 0. The van der Waals surface area contributed by atoms with Gasteiger partial charge in [0, 0.05) is 23.4 Å². The highest BCUT2D eigenvalue weighted by molar-refractivity contribution is 5.72. The van der Waals surface area contributed by atoms with Gasteiger partial charge in [0.05, 0.1) is 24.3 Å². The Balaban J connectivity index is 1.53. The van der Waals surface area contributed by atoms with E-state index in [2.05, 4.69) is 64.6 Å². The molecule has 164 valence electrons. The summed E-state index contributed by atoms with van der Waals surface area (Å²) in [6.07, 6.45) is 4.20. The van der Waals surface area contributed by atoms with E-state index in [1.54, 1.807) is 6.20 Å². The molecular weight excluding hydrogens is 416 g/mol. The Bertz CT molecular complexity index is 1460. The van der Waals surface area contributed by atoms with E-state index in [9.17, 15) is 0 Å². The standard InChI is InChI=1S/C24H22N8O/c1-14(2)24-27-22(30-33-24)21-19-12-31-20(11-16-6-4-5-9-25-16)28-29-23(31)17-10-15(3)7-8-18(17)32(19)13-26-21/h4-10,13-14H,11-12H2,1-3H3. The number of aryl methyl sites for hydroxylation is 1. The fraction of sp³-hybridized carbons (Fsp3) is 0.250. The van der Waals surface area contributed by atoms with Crippen LogP contribution in [0, 0.1) is 6.92 Å². The monoisotopic (exact) mass is 438 g/mol. The van der Waals surface area contributed by atoms with Crippen molar-refractivity contribution in [1.29, 1.82) is 0 Å². The first-order valence-corrected chi connectivity index (χ1v) is 10.9. The van der Waals surface area contributed by atoms with Gasteiger partial charge in [-0.05, 0) is 31.2 Å². The number of fused-ring (bicyclic) bond motifs is 5. The van der Waals surface area contributed by atoms with E-state index < -0.39 is 0 Å². The zero-order valence-electron chi connectivity index (χ0n) is 18.6. The average molecular weight is 438 g/mol. The topological polar surface area (TPSA) is 100 Å². The molecule has 0 N–H and O–H groups in total. The number of aromatic nitrogens is 8. The number of hydrogen-bond acceptors (Lipinski definition) is 7. The lowest BCUT2D eigenvalue weighted by Gasteiger charge is -2.09. The smallest absolute Gasteiger partial charge is 0.229 e. The first kappa shape index (κ1) is 19.5. The molecule has 0 unspecified atom stereocenters. The average Bonchev–Trinajstić information content (AvgIpc) is 3.53. The lowest BCUT2D eigenvalue weighted by atomic mass is 10.1. The quantitative estimate of drug-likeness (QED) is 0.411. The first-order chi connectivity index (χ1) is 16.1. The molecule has 0 fully saturated rings. The van der Waals surface area contributed by atoms with Gasteiger partial charge < -0.3 is 9.09 Å². The van der Waals surface area contributed by atoms with Gasteiger partial charge in [0.25, 0.3) is 0 Å². The molecule has 9 heteroatoms. The summed E-state index contributed by atoms with van der Waals surface area (Å²) in [6.45, 7) is 6.65. The highest BCUT2D eigenvalue weighted by atomic mass is 16.5. The van der Waals surface area contributed by atoms with E-state index >= 15 is 0 Å². The van der Waals surface area contributed by atoms with Gasteiger partial charge in [-0.25, -0.2) is 4.98 Å². The molecule has 0 amide bonds. The van der Waals surface area contributed by atoms with Crippen molar-refractivity contribution in [2.24, 2.45) is 0 Å². The van der Waals surface area contributed by atoms with E-state index in [0.717, 1.165) is 39.9 Å². The van der Waals surface area contributed by atoms with Gasteiger partial charge in [-0.1, -0.05) is 36.7 Å². The van der Waals surface area contributed by atoms with Crippen LogP contribution in [0.3, 0.4) is 0 Å². The molecule has 5 heterocycles. The molecule has 33 heavy (non-hydrogen) atoms. The number of hydrogen-bond donors (Lipinski definition) is 0. The lowest BCUT2D eigenvalue weighted by molar-refractivity contribution is 0.365. The zero-order chi connectivity index (χ0) is 22.5. The summed E-state index contributed by atoms with van der Waals surface area (Å²) in [5, 5.41) is 13.3. The van der Waals surface area contributed by atoms with E-state index in [4.69, 9.17) is 4.52 Å². The molecule has 0 atom stereocenters. The third kappa shape index (κ3) is 3.24. The van der Waals surface area contributed by atoms with Crippen LogP contribution < -0.4 is 0 Å². The third-order valence-electron chi connectivity index (χ3n) is 5.87. The molecule has 6 rings (SSSR count). The van der Waals surface area contributed by atoms with E-state index in [-0.39, 0.29) is 5.92 Å². The van der Waals surface area contributed by atoms with Crippen LogP contribution in [-0.2, 0) is 13.0 Å². The highest BCUT2D eigenvalue weighted by Crippen LogP contribution is 2.35. The number of pyridine rings is 1. The van der Waals surface area contributed by atoms with Crippen LogP contribution in [0.1, 0.15) is 48.4 Å². The molecule has 0 saturated heterocycles. The normalized spacial score (nSPS) is 12.4. The van der Waals surface area contributed by atoms with Gasteiger partial charge in [-0.2, -0.15) is 4.98 Å². The minimum atomic E-state index is 0.144. The highest BCUT2D eigenvalue weighted by Gasteiger charge is 2.28. The Hall–Kier alpha value is -4.14. The van der Waals surface area contributed by atoms with Crippen LogP contribution >= 0.6 is 0 Å². The molecule has 0 bridgehead atoms. The fourth-order valence-corrected chi connectivity index (χ4v) is 4.17. The lowest BCUT2D eigenvalue weighted by Crippen LogP contribution is -2.09. The molecule has 1 aliphatic heterocycles. The van der Waals surface area contributed by atoms with E-state index in [1.165, 1.54) is 0 Å². The Morgan fingerprint density at radius 1 is 1.09 bits per heavy atom. The second-order valence-electron chi connectivity index (χ2n) is 8.57. The predicted octanol–water partition coefficient (Wildman–Crippen LogP) is 3.96. The van der Waals surface area contributed by atoms with Crippen LogP contribution in [0.15, 0.2) is 53.4 Å². The Kier molecular flexibility index (Phi) is 4.42. The Morgan fingerprint density at radius 3 is 2.79 bits per heavy atom. The summed E-state index contributed by atoms with van der Waals surface area (Å²) < 4.78 is 9.70. The van der Waals surface area contributed by atoms with Gasteiger partial charge in [-0.3, -0.25) is 9.55 Å². The largest absolute Gasteiger partial charge is 0.339 e. The second kappa shape index (κ2) is 7.47. The van der Waals surface area contributed by atoms with Crippen molar-refractivity contribution >= 4 is 0 Å². The zero-order valence-corrected chi connectivity index (χ0v) is 18.6. The second-order valence-corrected chi connectivity index (χ2v) is 8.57. The van der Waals surface area contributed by atoms with Crippen LogP contribution in [0.2, 0.25) is 0 Å². The van der Waals surface area contributed by atoms with Crippen molar-refractivity contribution < 1.29 is 4.52 Å². The van der Waals surface area contributed by atoms with Crippen molar-refractivity contribution in [3.8, 4) is 28.6 Å². The maximum Gasteiger partial charge on any atom is 0.229 e. The number of imidazole rings is 1. The summed E-state index contributed by atoms with van der Waals surface area (Å²) in [5.41, 5.74) is 5.75. The van der Waals surface area contributed by atoms with Crippen molar-refractivity contribution in [3.63, 3.8) is 0 Å². The third-order valence-corrected chi connectivity index (χ3v) is 5.87. The molecule has 0 radical (unpaired) electrons. The van der Waals surface area contributed by atoms with E-state index in [1.807, 2.05) is 38.4 Å². The molecule has 1 aromatic carbocycles. The SMILES string of the molecule is Cc1ccc2c(c1)-c1nnc(Cc3ccccn3)n1Cc1c(-c3noc(C(C)C)n3)ncn1-2. The van der Waals surface area contributed by atoms with Gasteiger partial charge in [0.2, 0.25) is 11.7 Å².